The van der Waals surface area contributed by atoms with Gasteiger partial charge in [-0.25, -0.2) is 0 Å². The van der Waals surface area contributed by atoms with Gasteiger partial charge in [0.15, 0.2) is 0 Å². The van der Waals surface area contributed by atoms with Gasteiger partial charge in [0.25, 0.3) is 5.69 Å². The van der Waals surface area contributed by atoms with Crippen LogP contribution in [0.25, 0.3) is 0 Å². The van der Waals surface area contributed by atoms with Crippen molar-refractivity contribution in [2.24, 2.45) is 0 Å². The quantitative estimate of drug-likeness (QED) is 0.326. The molecule has 20 heavy (non-hydrogen) atoms. The molecular formula is C13H15NO6. The molecule has 0 saturated heterocycles. The van der Waals surface area contributed by atoms with Crippen molar-refractivity contribution in [1.82, 2.24) is 0 Å². The number of nitrogens with zero attached hydrogens (tertiary/aromatic N) is 1. The fourth-order valence-corrected chi connectivity index (χ4v) is 1.45. The van der Waals surface area contributed by atoms with Crippen LogP contribution in [-0.4, -0.2) is 30.1 Å². The van der Waals surface area contributed by atoms with Crippen molar-refractivity contribution >= 4 is 17.6 Å². The first-order valence-corrected chi connectivity index (χ1v) is 6.07. The van der Waals surface area contributed by atoms with E-state index in [1.54, 1.807) is 19.1 Å². The molecule has 0 saturated carbocycles. The highest BCUT2D eigenvalue weighted by Gasteiger charge is 2.11. The van der Waals surface area contributed by atoms with Crippen LogP contribution in [0, 0.1) is 10.1 Å². The van der Waals surface area contributed by atoms with Crippen LogP contribution in [0.3, 0.4) is 0 Å². The average molecular weight is 281 g/mol. The first-order chi connectivity index (χ1) is 9.52. The molecule has 0 aliphatic heterocycles. The van der Waals surface area contributed by atoms with Crippen molar-refractivity contribution in [3.63, 3.8) is 0 Å². The van der Waals surface area contributed by atoms with Gasteiger partial charge in [-0.1, -0.05) is 12.1 Å². The lowest BCUT2D eigenvalue weighted by Gasteiger charge is -2.05. The molecule has 0 radical (unpaired) electrons. The minimum Gasteiger partial charge on any atom is -0.466 e. The normalized spacial score (nSPS) is 9.85. The third-order valence-electron chi connectivity index (χ3n) is 2.39. The summed E-state index contributed by atoms with van der Waals surface area (Å²) in [6.45, 7) is 1.97. The molecule has 1 aromatic carbocycles. The monoisotopic (exact) mass is 281 g/mol. The predicted octanol–water partition coefficient (Wildman–Crippen LogP) is 1.63. The molecule has 0 amide bonds. The molecule has 0 aliphatic rings. The van der Waals surface area contributed by atoms with E-state index in [1.807, 2.05) is 0 Å². The topological polar surface area (TPSA) is 95.7 Å². The molecule has 0 unspecified atom stereocenters. The van der Waals surface area contributed by atoms with Crippen LogP contribution in [0.4, 0.5) is 5.69 Å². The van der Waals surface area contributed by atoms with Gasteiger partial charge in [-0.2, -0.15) is 0 Å². The van der Waals surface area contributed by atoms with Gasteiger partial charge in [0.2, 0.25) is 0 Å². The van der Waals surface area contributed by atoms with Crippen molar-refractivity contribution in [3.8, 4) is 0 Å². The summed E-state index contributed by atoms with van der Waals surface area (Å²) in [7, 11) is 0. The number of hydrogen-bond acceptors (Lipinski definition) is 6. The number of nitro groups is 1. The van der Waals surface area contributed by atoms with E-state index in [2.05, 4.69) is 4.74 Å². The number of ether oxygens (including phenoxy) is 2. The molecule has 7 nitrogen and oxygen atoms in total. The second-order valence-corrected chi connectivity index (χ2v) is 3.88. The Hall–Kier alpha value is -2.44. The SMILES string of the molecule is CCOC(=O)CC(=O)OCCc1ccc([N+](=O)[O-])cc1. The Bertz CT molecular complexity index is 482. The van der Waals surface area contributed by atoms with Gasteiger partial charge in [-0.3, -0.25) is 19.7 Å². The highest BCUT2D eigenvalue weighted by atomic mass is 16.6. The van der Waals surface area contributed by atoms with Gasteiger partial charge >= 0.3 is 11.9 Å². The minimum atomic E-state index is -0.648. The second-order valence-electron chi connectivity index (χ2n) is 3.88. The third-order valence-corrected chi connectivity index (χ3v) is 2.39. The molecule has 0 fully saturated rings. The van der Waals surface area contributed by atoms with Crippen LogP contribution in [0.15, 0.2) is 24.3 Å². The Labute approximate surface area is 115 Å². The van der Waals surface area contributed by atoms with Gasteiger partial charge in [-0.15, -0.1) is 0 Å². The Kier molecular flexibility index (Phi) is 6.15. The zero-order valence-corrected chi connectivity index (χ0v) is 11.0. The zero-order valence-electron chi connectivity index (χ0n) is 11.0. The third kappa shape index (κ3) is 5.47. The maximum Gasteiger partial charge on any atom is 0.317 e. The van der Waals surface area contributed by atoms with Gasteiger partial charge in [0.05, 0.1) is 18.1 Å². The summed E-state index contributed by atoms with van der Waals surface area (Å²) in [5.41, 5.74) is 0.813. The number of carbonyl (C=O) groups excluding carboxylic acids is 2. The highest BCUT2D eigenvalue weighted by Crippen LogP contribution is 2.12. The molecule has 0 atom stereocenters. The molecule has 0 bridgehead atoms. The molecule has 1 aromatic rings. The summed E-state index contributed by atoms with van der Waals surface area (Å²) in [5, 5.41) is 10.5. The number of carbonyl (C=O) groups is 2. The predicted molar refractivity (Wildman–Crippen MR) is 69.0 cm³/mol. The lowest BCUT2D eigenvalue weighted by atomic mass is 10.1. The van der Waals surface area contributed by atoms with Crippen LogP contribution >= 0.6 is 0 Å². The first-order valence-electron chi connectivity index (χ1n) is 6.07. The van der Waals surface area contributed by atoms with E-state index in [9.17, 15) is 19.7 Å². The number of rotatable bonds is 7. The fraction of sp³-hybridized carbons (Fsp3) is 0.385. The van der Waals surface area contributed by atoms with E-state index >= 15 is 0 Å². The summed E-state index contributed by atoms with van der Waals surface area (Å²) >= 11 is 0. The number of esters is 2. The maximum absolute atomic E-state index is 11.2. The summed E-state index contributed by atoms with van der Waals surface area (Å²) in [5.74, 6) is -1.27. The first kappa shape index (κ1) is 15.6. The van der Waals surface area contributed by atoms with E-state index in [0.717, 1.165) is 5.56 Å². The largest absolute Gasteiger partial charge is 0.466 e. The van der Waals surface area contributed by atoms with Crippen molar-refractivity contribution in [1.29, 1.82) is 0 Å². The minimum absolute atomic E-state index is 0.00746. The van der Waals surface area contributed by atoms with E-state index in [-0.39, 0.29) is 18.9 Å². The van der Waals surface area contributed by atoms with E-state index in [1.165, 1.54) is 12.1 Å². The molecular weight excluding hydrogens is 266 g/mol. The van der Waals surface area contributed by atoms with Gasteiger partial charge in [-0.05, 0) is 12.5 Å². The van der Waals surface area contributed by atoms with Gasteiger partial charge in [0.1, 0.15) is 6.42 Å². The molecule has 0 aromatic heterocycles. The summed E-state index contributed by atoms with van der Waals surface area (Å²) in [6, 6.07) is 5.96. The number of hydrogen-bond donors (Lipinski definition) is 0. The second kappa shape index (κ2) is 7.88. The van der Waals surface area contributed by atoms with Crippen LogP contribution < -0.4 is 0 Å². The van der Waals surface area contributed by atoms with E-state index in [4.69, 9.17) is 4.74 Å². The van der Waals surface area contributed by atoms with Crippen LogP contribution in [-0.2, 0) is 25.5 Å². The van der Waals surface area contributed by atoms with Crippen molar-refractivity contribution < 1.29 is 24.0 Å². The van der Waals surface area contributed by atoms with Gasteiger partial charge in [0, 0.05) is 18.6 Å². The van der Waals surface area contributed by atoms with Crippen molar-refractivity contribution in [3.05, 3.63) is 39.9 Å². The Balaban J connectivity index is 2.31. The maximum atomic E-state index is 11.2. The Morgan fingerprint density at radius 2 is 1.75 bits per heavy atom. The fourth-order valence-electron chi connectivity index (χ4n) is 1.45. The number of nitro benzene ring substituents is 1. The van der Waals surface area contributed by atoms with Crippen LogP contribution in [0.2, 0.25) is 0 Å². The Morgan fingerprint density at radius 1 is 1.15 bits per heavy atom. The van der Waals surface area contributed by atoms with Crippen LogP contribution in [0.1, 0.15) is 18.9 Å². The Morgan fingerprint density at radius 3 is 2.30 bits per heavy atom. The summed E-state index contributed by atoms with van der Waals surface area (Å²) in [6.07, 6.45) is 0.0145. The summed E-state index contributed by atoms with van der Waals surface area (Å²) in [4.78, 5) is 32.2. The number of non-ortho nitro benzene ring substituents is 1. The van der Waals surface area contributed by atoms with Gasteiger partial charge < -0.3 is 9.47 Å². The molecule has 0 aliphatic carbocycles. The molecule has 1 rings (SSSR count). The van der Waals surface area contributed by atoms with Crippen molar-refractivity contribution in [2.45, 2.75) is 19.8 Å². The standard InChI is InChI=1S/C13H15NO6/c1-2-19-12(15)9-13(16)20-8-7-10-3-5-11(6-4-10)14(17)18/h3-6H,2,7-9H2,1H3. The van der Waals surface area contributed by atoms with E-state index < -0.39 is 23.3 Å². The number of benzene rings is 1. The smallest absolute Gasteiger partial charge is 0.317 e. The lowest BCUT2D eigenvalue weighted by molar-refractivity contribution is -0.384. The lowest BCUT2D eigenvalue weighted by Crippen LogP contribution is -2.15. The van der Waals surface area contributed by atoms with Crippen LogP contribution in [0.5, 0.6) is 0 Å². The molecule has 7 heteroatoms. The highest BCUT2D eigenvalue weighted by molar-refractivity contribution is 5.91. The average Bonchev–Trinajstić information content (AvgIpc) is 2.39. The summed E-state index contributed by atoms with van der Waals surface area (Å²) < 4.78 is 9.48. The van der Waals surface area contributed by atoms with Crippen molar-refractivity contribution in [2.75, 3.05) is 13.2 Å². The molecule has 0 spiro atoms. The van der Waals surface area contributed by atoms with E-state index in [0.29, 0.717) is 6.42 Å². The molecule has 0 heterocycles. The zero-order chi connectivity index (χ0) is 15.0. The molecule has 0 N–H and O–H groups in total. The molecule has 108 valence electrons.